The molecule has 5 heterocycles. The molecule has 0 spiro atoms. The smallest absolute Gasteiger partial charge is 0.364 e. The molecule has 2 amide bonds. The number of amides is 2. The number of carbonyl (C=O) groups excluding carboxylic acids is 2. The second-order valence-corrected chi connectivity index (χ2v) is 30.3. The molecule has 5 aliphatic rings. The Kier molecular flexibility index (Phi) is 47.1. The van der Waals surface area contributed by atoms with Crippen molar-refractivity contribution in [3.8, 4) is 0 Å². The van der Waals surface area contributed by atoms with E-state index in [4.69, 9.17) is 47.4 Å². The van der Waals surface area contributed by atoms with Crippen LogP contribution in [0.3, 0.4) is 0 Å². The molecule has 20 N–H and O–H groups in total. The Morgan fingerprint density at radius 3 is 1.35 bits per heavy atom. The Hall–Kier alpha value is -3.19. The molecule has 5 aliphatic heterocycles. The summed E-state index contributed by atoms with van der Waals surface area (Å²) in [5.41, 5.74) is 0. The third-order valence-corrected chi connectivity index (χ3v) is 21.3. The lowest BCUT2D eigenvalue weighted by Crippen LogP contribution is -2.71. The van der Waals surface area contributed by atoms with Crippen LogP contribution in [-0.4, -0.2) is 321 Å². The summed E-state index contributed by atoms with van der Waals surface area (Å²) in [5, 5.41) is 203. The first kappa shape index (κ1) is 97.4. The number of aliphatic hydroxyl groups excluding tert-OH is 17. The quantitative estimate of drug-likeness (QED) is 0.0297. The maximum Gasteiger partial charge on any atom is 0.364 e. The highest BCUT2D eigenvalue weighted by Crippen LogP contribution is 2.40. The predicted octanol–water partition coefficient (Wildman–Crippen LogP) is 0.930. The van der Waals surface area contributed by atoms with E-state index in [0.29, 0.717) is 12.8 Å². The van der Waals surface area contributed by atoms with E-state index in [-0.39, 0.29) is 12.3 Å². The molecule has 10 unspecified atom stereocenters. The predicted molar refractivity (Wildman–Crippen MR) is 394 cm³/mol. The van der Waals surface area contributed by atoms with Crippen LogP contribution in [0.2, 0.25) is 0 Å². The van der Waals surface area contributed by atoms with Gasteiger partial charge in [-0.25, -0.2) is 4.79 Å². The number of hydrogen-bond acceptors (Lipinski definition) is 30. The number of hydrogen-bond donors (Lipinski definition) is 20. The zero-order valence-electron chi connectivity index (χ0n) is 64.8. The molecule has 0 bridgehead atoms. The van der Waals surface area contributed by atoms with Gasteiger partial charge in [-0.3, -0.25) is 9.59 Å². The number of unbranched alkanes of at least 4 members (excludes halogenated alkanes) is 28. The average Bonchev–Trinajstić information content (AvgIpc) is 0.756. The van der Waals surface area contributed by atoms with Crippen LogP contribution in [0.1, 0.15) is 233 Å². The van der Waals surface area contributed by atoms with Crippen molar-refractivity contribution in [3.63, 3.8) is 0 Å². The van der Waals surface area contributed by atoms with E-state index in [9.17, 15) is 106 Å². The van der Waals surface area contributed by atoms with Crippen LogP contribution in [0.25, 0.3) is 0 Å². The van der Waals surface area contributed by atoms with Crippen molar-refractivity contribution in [3.05, 3.63) is 24.3 Å². The van der Waals surface area contributed by atoms with Gasteiger partial charge in [0.05, 0.1) is 57.9 Å². The third kappa shape index (κ3) is 31.0. The second-order valence-electron chi connectivity index (χ2n) is 30.3. The van der Waals surface area contributed by atoms with E-state index in [1.807, 2.05) is 6.08 Å². The Labute approximate surface area is 647 Å². The standard InChI is InChI=1S/C77H138N2O31/c1-4-6-8-10-12-14-16-18-19-20-21-22-23-24-25-27-29-31-33-35-37-39-56(89)79-48(49(86)38-36-34-32-30-28-26-17-15-13-11-9-7-5-2)46-101-73-64(96)62(94)68(54(44-83)104-73)107-74-65(97)63(95)67(55(45-84)105-74)106-72-57(78-47(3)85)69(60(92)52(42-81)102-72)108-75-66(98)71(61(93)53(43-82)103-75)110-77(76(99)100)40-50(87)58(90)70(109-77)59(91)51(88)41-80/h18-19,36,38,48-55,57-75,80-84,86-88,90-98H,4-17,20-35,37,39-46H2,1-3H3,(H,78,85)(H,79,89)(H,99,100)/b19-18-,38-36+/t48-,49+,50?,51+,52?,53?,54?,55?,57?,58+,59+,60-,61-,62+,63+,64?,65?,66?,67-,68+,69+,70?,71-,72-,73+,74-,75-,77-/m0/s1. The Balaban J connectivity index is 1.20. The molecule has 0 aliphatic carbocycles. The van der Waals surface area contributed by atoms with Gasteiger partial charge in [-0.05, 0) is 44.9 Å². The van der Waals surface area contributed by atoms with Crippen molar-refractivity contribution in [2.75, 3.05) is 39.6 Å². The SMILES string of the molecule is CCCCCCCC/C=C\CCCCCCCCCCCCCC(=O)N[C@@H](CO[C@@H]1OC(CO)[C@@H](O[C@@H]2OC(CO)[C@H](O[C@@H]3OC(CO)[C@H](O)[C@H](O[C@@H]4OC(CO)[C@H](O)[C@H](O[C@]5(C(=O)O)CC(O)[C@@H](O)C([C@H](O)[C@H](O)CO)O5)C4O)C3NC(C)=O)[C@H](O)C2O)[C@H](O)C1O)[C@H](O)/C=C/CCCCCCCCCCCCC. The first-order chi connectivity index (χ1) is 52.9. The number of allylic oxidation sites excluding steroid dienone is 3. The molecular weight excluding hydrogens is 1450 g/mol. The van der Waals surface area contributed by atoms with Gasteiger partial charge in [0.15, 0.2) is 25.2 Å². The van der Waals surface area contributed by atoms with Crippen LogP contribution < -0.4 is 10.6 Å². The van der Waals surface area contributed by atoms with Gasteiger partial charge in [0, 0.05) is 19.8 Å². The number of rotatable bonds is 56. The molecule has 33 nitrogen and oxygen atoms in total. The molecule has 0 saturated carbocycles. The number of nitrogens with one attached hydrogen (secondary N) is 2. The van der Waals surface area contributed by atoms with Crippen LogP contribution >= 0.6 is 0 Å². The summed E-state index contributed by atoms with van der Waals surface area (Å²) in [6.07, 6.45) is -7.30. The van der Waals surface area contributed by atoms with Crippen molar-refractivity contribution in [1.82, 2.24) is 10.6 Å². The lowest BCUT2D eigenvalue weighted by atomic mass is 9.90. The lowest BCUT2D eigenvalue weighted by molar-refractivity contribution is -0.391. The van der Waals surface area contributed by atoms with Crippen molar-refractivity contribution < 1.29 is 154 Å². The molecule has 110 heavy (non-hydrogen) atoms. The van der Waals surface area contributed by atoms with E-state index >= 15 is 0 Å². The molecule has 0 aromatic carbocycles. The molecule has 5 rings (SSSR count). The Morgan fingerprint density at radius 2 is 0.882 bits per heavy atom. The largest absolute Gasteiger partial charge is 0.477 e. The van der Waals surface area contributed by atoms with Gasteiger partial charge in [-0.2, -0.15) is 0 Å². The molecule has 5 fully saturated rings. The minimum absolute atomic E-state index is 0.176. The number of ether oxygens (including phenoxy) is 10. The van der Waals surface area contributed by atoms with Crippen LogP contribution in [0.5, 0.6) is 0 Å². The summed E-state index contributed by atoms with van der Waals surface area (Å²) in [5.74, 6) is -6.53. The zero-order chi connectivity index (χ0) is 80.7. The van der Waals surface area contributed by atoms with E-state index < -0.39 is 229 Å². The van der Waals surface area contributed by atoms with Crippen molar-refractivity contribution in [2.45, 2.75) is 404 Å². The molecule has 33 heteroatoms. The number of carbonyl (C=O) groups is 3. The number of carboxylic acid groups (broad SMARTS) is 1. The third-order valence-electron chi connectivity index (χ3n) is 21.3. The fourth-order valence-electron chi connectivity index (χ4n) is 14.6. The van der Waals surface area contributed by atoms with Gasteiger partial charge in [0.2, 0.25) is 11.8 Å². The van der Waals surface area contributed by atoms with Gasteiger partial charge < -0.3 is 150 Å². The van der Waals surface area contributed by atoms with Gasteiger partial charge in [0.25, 0.3) is 5.79 Å². The first-order valence-corrected chi connectivity index (χ1v) is 40.8. The number of aliphatic hydroxyl groups is 17. The molecule has 0 aromatic heterocycles. The van der Waals surface area contributed by atoms with Crippen LogP contribution in [0, 0.1) is 0 Å². The summed E-state index contributed by atoms with van der Waals surface area (Å²) in [6, 6.07) is -2.92. The van der Waals surface area contributed by atoms with E-state index in [0.717, 1.165) is 64.7 Å². The summed E-state index contributed by atoms with van der Waals surface area (Å²) in [6.45, 7) is -0.321. The molecule has 28 atom stereocenters. The lowest BCUT2D eigenvalue weighted by Gasteiger charge is -2.51. The Morgan fingerprint density at radius 1 is 0.473 bits per heavy atom. The summed E-state index contributed by atoms with van der Waals surface area (Å²) >= 11 is 0. The molecule has 642 valence electrons. The van der Waals surface area contributed by atoms with E-state index in [1.165, 1.54) is 128 Å². The van der Waals surface area contributed by atoms with Gasteiger partial charge in [-0.1, -0.05) is 192 Å². The van der Waals surface area contributed by atoms with Gasteiger partial charge in [0.1, 0.15) is 122 Å². The highest BCUT2D eigenvalue weighted by molar-refractivity contribution is 5.76. The van der Waals surface area contributed by atoms with E-state index in [2.05, 4.69) is 36.6 Å². The van der Waals surface area contributed by atoms with Gasteiger partial charge >= 0.3 is 5.97 Å². The number of aliphatic carboxylic acids is 1. The fourth-order valence-corrected chi connectivity index (χ4v) is 14.6. The van der Waals surface area contributed by atoms with Crippen LogP contribution in [0.15, 0.2) is 24.3 Å². The molecule has 0 aromatic rings. The van der Waals surface area contributed by atoms with E-state index in [1.54, 1.807) is 6.08 Å². The second kappa shape index (κ2) is 53.2. The zero-order valence-corrected chi connectivity index (χ0v) is 64.8. The summed E-state index contributed by atoms with van der Waals surface area (Å²) < 4.78 is 58.5. The van der Waals surface area contributed by atoms with Crippen LogP contribution in [-0.2, 0) is 61.8 Å². The molecule has 0 radical (unpaired) electrons. The number of carboxylic acids is 1. The molecule has 5 saturated heterocycles. The maximum absolute atomic E-state index is 13.5. The minimum atomic E-state index is -3.21. The monoisotopic (exact) mass is 1590 g/mol. The Bertz CT molecular complexity index is 2530. The summed E-state index contributed by atoms with van der Waals surface area (Å²) in [7, 11) is 0. The topological polar surface area (TPSA) is 532 Å². The van der Waals surface area contributed by atoms with Crippen molar-refractivity contribution in [1.29, 1.82) is 0 Å². The van der Waals surface area contributed by atoms with Crippen molar-refractivity contribution >= 4 is 17.8 Å². The normalized spacial score (nSPS) is 34.1. The fraction of sp³-hybridized carbons (Fsp3) is 0.909. The van der Waals surface area contributed by atoms with Crippen LogP contribution in [0.4, 0.5) is 0 Å². The van der Waals surface area contributed by atoms with Gasteiger partial charge in [-0.15, -0.1) is 0 Å². The minimum Gasteiger partial charge on any atom is -0.477 e. The van der Waals surface area contributed by atoms with Crippen molar-refractivity contribution in [2.24, 2.45) is 0 Å². The molecular formula is C77H138N2O31. The average molecular weight is 1590 g/mol. The first-order valence-electron chi connectivity index (χ1n) is 40.8. The summed E-state index contributed by atoms with van der Waals surface area (Å²) in [4.78, 5) is 39.5. The highest BCUT2D eigenvalue weighted by atomic mass is 16.8. The highest BCUT2D eigenvalue weighted by Gasteiger charge is 2.61. The maximum atomic E-state index is 13.5.